The Morgan fingerprint density at radius 3 is 2.57 bits per heavy atom. The first-order chi connectivity index (χ1) is 17.6. The number of hydrogen-bond acceptors (Lipinski definition) is 7. The molecule has 13 heteroatoms. The van der Waals surface area contributed by atoms with Crippen LogP contribution in [0.1, 0.15) is 40.4 Å². The quantitative estimate of drug-likeness (QED) is 0.434. The largest absolute Gasteiger partial charge is 0.418 e. The van der Waals surface area contributed by atoms with Gasteiger partial charge in [0.15, 0.2) is 5.82 Å². The minimum atomic E-state index is -4.73. The number of nitrogens with two attached hydrogens (primary N) is 1. The van der Waals surface area contributed by atoms with Gasteiger partial charge in [0.2, 0.25) is 5.95 Å². The fraction of sp³-hybridized carbons (Fsp3) is 0.292. The molecule has 1 saturated heterocycles. The molecule has 2 aliphatic heterocycles. The van der Waals surface area contributed by atoms with Gasteiger partial charge in [0.05, 0.1) is 23.0 Å². The summed E-state index contributed by atoms with van der Waals surface area (Å²) in [6.45, 7) is 2.81. The van der Waals surface area contributed by atoms with Crippen molar-refractivity contribution in [2.45, 2.75) is 25.6 Å². The van der Waals surface area contributed by atoms with E-state index in [0.29, 0.717) is 42.3 Å². The van der Waals surface area contributed by atoms with Crippen LogP contribution >= 0.6 is 0 Å². The number of benzene rings is 1. The predicted octanol–water partition coefficient (Wildman–Crippen LogP) is 2.36. The molecular formula is C24H21F3N8O2. The van der Waals surface area contributed by atoms with E-state index in [-0.39, 0.29) is 23.6 Å². The maximum absolute atomic E-state index is 13.7. The molecule has 0 aliphatic carbocycles. The van der Waals surface area contributed by atoms with Crippen molar-refractivity contribution in [3.05, 3.63) is 75.6 Å². The number of aromatic nitrogens is 5. The lowest BCUT2D eigenvalue weighted by atomic mass is 9.88. The van der Waals surface area contributed by atoms with Crippen molar-refractivity contribution in [1.29, 1.82) is 0 Å². The average molecular weight is 510 g/mol. The van der Waals surface area contributed by atoms with E-state index < -0.39 is 28.9 Å². The monoisotopic (exact) mass is 510 g/mol. The molecule has 190 valence electrons. The van der Waals surface area contributed by atoms with Crippen LogP contribution in [0.25, 0.3) is 11.2 Å². The second-order valence-corrected chi connectivity index (χ2v) is 9.16. The molecule has 10 nitrogen and oxygen atoms in total. The normalized spacial score (nSPS) is 19.5. The first-order valence-corrected chi connectivity index (χ1v) is 11.6. The lowest BCUT2D eigenvalue weighted by Gasteiger charge is -2.48. The second kappa shape index (κ2) is 8.05. The Hall–Kier alpha value is -4.42. The number of amides is 1. The highest BCUT2D eigenvalue weighted by atomic mass is 19.4. The Bertz CT molecular complexity index is 1610. The summed E-state index contributed by atoms with van der Waals surface area (Å²) in [5, 5.41) is 7.30. The Kier molecular flexibility index (Phi) is 5.00. The molecule has 37 heavy (non-hydrogen) atoms. The van der Waals surface area contributed by atoms with Gasteiger partial charge in [-0.2, -0.15) is 23.3 Å². The van der Waals surface area contributed by atoms with Gasteiger partial charge in [0, 0.05) is 31.6 Å². The Balaban J connectivity index is 1.59. The molecule has 3 aromatic heterocycles. The number of para-hydroxylation sites is 1. The molecule has 5 heterocycles. The van der Waals surface area contributed by atoms with E-state index in [1.54, 1.807) is 35.2 Å². The first-order valence-electron chi connectivity index (χ1n) is 11.6. The van der Waals surface area contributed by atoms with Gasteiger partial charge in [0.25, 0.3) is 11.5 Å². The number of nitrogen functional groups attached to an aromatic ring is 1. The van der Waals surface area contributed by atoms with Gasteiger partial charge in [-0.3, -0.25) is 14.2 Å². The molecule has 0 spiro atoms. The van der Waals surface area contributed by atoms with Gasteiger partial charge in [-0.05, 0) is 18.2 Å². The topological polar surface area (TPSA) is 123 Å². The van der Waals surface area contributed by atoms with Crippen molar-refractivity contribution in [3.8, 4) is 5.69 Å². The van der Waals surface area contributed by atoms with Gasteiger partial charge in [-0.15, -0.1) is 0 Å². The molecular weight excluding hydrogens is 489 g/mol. The van der Waals surface area contributed by atoms with Crippen molar-refractivity contribution in [2.75, 3.05) is 23.7 Å². The molecule has 2 atom stereocenters. The van der Waals surface area contributed by atoms with Crippen molar-refractivity contribution in [1.82, 2.24) is 29.5 Å². The van der Waals surface area contributed by atoms with Gasteiger partial charge < -0.3 is 16.0 Å². The standard InChI is InChI=1S/C24H21F3N8O2/c1-12-11-33(19-16-15(30-23(28)31-19)7-9-29-21(16)36)17(12)20-32-34-10-8-14(24(25,26)27)18(34)22(37)35(20)13-5-3-2-4-6-13/h2-6,8,10,12,17H,7,9,11H2,1H3,(H,29,36)(H2,28,30,31)/t12-,17-/m0/s1. The predicted molar refractivity (Wildman–Crippen MR) is 128 cm³/mol. The fourth-order valence-electron chi connectivity index (χ4n) is 5.15. The molecule has 0 unspecified atom stereocenters. The molecule has 1 aromatic carbocycles. The van der Waals surface area contributed by atoms with Crippen LogP contribution in [0.15, 0.2) is 47.4 Å². The summed E-state index contributed by atoms with van der Waals surface area (Å²) in [5.74, 6) is 0.120. The molecule has 1 fully saturated rings. The Labute approximate surface area is 207 Å². The summed E-state index contributed by atoms with van der Waals surface area (Å²) in [4.78, 5) is 36.8. The number of carbonyl (C=O) groups is 1. The van der Waals surface area contributed by atoms with Crippen LogP contribution < -0.4 is 21.5 Å². The smallest absolute Gasteiger partial charge is 0.368 e. The zero-order valence-corrected chi connectivity index (χ0v) is 19.5. The average Bonchev–Trinajstić information content (AvgIpc) is 3.28. The van der Waals surface area contributed by atoms with E-state index in [2.05, 4.69) is 20.4 Å². The number of nitrogens with one attached hydrogen (secondary N) is 1. The van der Waals surface area contributed by atoms with Crippen LogP contribution in [0.3, 0.4) is 0 Å². The van der Waals surface area contributed by atoms with Gasteiger partial charge >= 0.3 is 6.18 Å². The third kappa shape index (κ3) is 3.52. The highest BCUT2D eigenvalue weighted by molar-refractivity contribution is 6.01. The zero-order valence-electron chi connectivity index (χ0n) is 19.5. The summed E-state index contributed by atoms with van der Waals surface area (Å²) in [5.41, 5.74) is 4.67. The second-order valence-electron chi connectivity index (χ2n) is 9.16. The maximum atomic E-state index is 13.7. The van der Waals surface area contributed by atoms with Gasteiger partial charge in [-0.25, -0.2) is 9.50 Å². The summed E-state index contributed by atoms with van der Waals surface area (Å²) < 4.78 is 43.3. The van der Waals surface area contributed by atoms with Crippen molar-refractivity contribution in [2.24, 2.45) is 5.92 Å². The van der Waals surface area contributed by atoms with Crippen LogP contribution in [0.2, 0.25) is 0 Å². The summed E-state index contributed by atoms with van der Waals surface area (Å²) in [6.07, 6.45) is -3.12. The number of hydrogen-bond donors (Lipinski definition) is 2. The van der Waals surface area contributed by atoms with E-state index >= 15 is 0 Å². The number of rotatable bonds is 3. The Morgan fingerprint density at radius 2 is 1.86 bits per heavy atom. The SMILES string of the molecule is C[C@H]1CN(c2nc(N)nc3c2C(=O)NCC3)[C@@H]1c1nn2ccc(C(F)(F)F)c2c(=O)n1-c1ccccc1. The summed E-state index contributed by atoms with van der Waals surface area (Å²) in [7, 11) is 0. The number of fused-ring (bicyclic) bond motifs is 2. The van der Waals surface area contributed by atoms with E-state index in [0.717, 1.165) is 16.8 Å². The van der Waals surface area contributed by atoms with Crippen molar-refractivity contribution >= 4 is 23.2 Å². The van der Waals surface area contributed by atoms with Gasteiger partial charge in [-0.1, -0.05) is 25.1 Å². The highest BCUT2D eigenvalue weighted by Crippen LogP contribution is 2.43. The van der Waals surface area contributed by atoms with Crippen LogP contribution in [0.4, 0.5) is 24.9 Å². The third-order valence-corrected chi connectivity index (χ3v) is 6.78. The summed E-state index contributed by atoms with van der Waals surface area (Å²) in [6, 6.07) is 8.64. The lowest BCUT2D eigenvalue weighted by molar-refractivity contribution is -0.136. The lowest BCUT2D eigenvalue weighted by Crippen LogP contribution is -2.52. The Morgan fingerprint density at radius 1 is 1.11 bits per heavy atom. The molecule has 6 rings (SSSR count). The fourth-order valence-corrected chi connectivity index (χ4v) is 5.15. The summed E-state index contributed by atoms with van der Waals surface area (Å²) >= 11 is 0. The minimum Gasteiger partial charge on any atom is -0.368 e. The molecule has 4 aromatic rings. The number of carbonyl (C=O) groups excluding carboxylic acids is 1. The van der Waals surface area contributed by atoms with Crippen LogP contribution in [-0.4, -0.2) is 43.1 Å². The number of anilines is 2. The number of nitrogens with zero attached hydrogens (tertiary/aromatic N) is 6. The van der Waals surface area contributed by atoms with Crippen LogP contribution in [-0.2, 0) is 12.6 Å². The van der Waals surface area contributed by atoms with E-state index in [4.69, 9.17) is 5.73 Å². The van der Waals surface area contributed by atoms with E-state index in [1.165, 1.54) is 4.57 Å². The van der Waals surface area contributed by atoms with E-state index in [1.807, 2.05) is 6.92 Å². The molecule has 0 saturated carbocycles. The molecule has 0 bridgehead atoms. The zero-order chi connectivity index (χ0) is 26.1. The molecule has 3 N–H and O–H groups in total. The van der Waals surface area contributed by atoms with Gasteiger partial charge in [0.1, 0.15) is 16.9 Å². The number of alkyl halides is 3. The third-order valence-electron chi connectivity index (χ3n) is 6.78. The van der Waals surface area contributed by atoms with E-state index in [9.17, 15) is 22.8 Å². The maximum Gasteiger partial charge on any atom is 0.418 e. The van der Waals surface area contributed by atoms with Crippen molar-refractivity contribution < 1.29 is 18.0 Å². The molecule has 2 aliphatic rings. The van der Waals surface area contributed by atoms with Crippen molar-refractivity contribution in [3.63, 3.8) is 0 Å². The molecule has 1 amide bonds. The minimum absolute atomic E-state index is 0.00541. The first kappa shape index (κ1) is 23.0. The number of halogens is 3. The highest BCUT2D eigenvalue weighted by Gasteiger charge is 2.45. The van der Waals surface area contributed by atoms with Crippen LogP contribution in [0, 0.1) is 5.92 Å². The molecule has 0 radical (unpaired) electrons. The van der Waals surface area contributed by atoms with Crippen LogP contribution in [0.5, 0.6) is 0 Å².